The topological polar surface area (TPSA) is 120 Å². The molecule has 2 N–H and O–H groups in total. The predicted octanol–water partition coefficient (Wildman–Crippen LogP) is 3.02. The Morgan fingerprint density at radius 2 is 1.76 bits per heavy atom. The van der Waals surface area contributed by atoms with E-state index in [-0.39, 0.29) is 6.61 Å². The lowest BCUT2D eigenvalue weighted by molar-refractivity contribution is -0.118. The molecule has 0 bridgehead atoms. The summed E-state index contributed by atoms with van der Waals surface area (Å²) in [5.41, 5.74) is 8.18. The summed E-state index contributed by atoms with van der Waals surface area (Å²) in [6.45, 7) is 2.87. The molecule has 0 spiro atoms. The molecule has 0 radical (unpaired) electrons. The van der Waals surface area contributed by atoms with Crippen molar-refractivity contribution in [2.24, 2.45) is 0 Å². The molecular weight excluding hydrogens is 472 g/mol. The van der Waals surface area contributed by atoms with Crippen LogP contribution in [0.25, 0.3) is 17.5 Å². The van der Waals surface area contributed by atoms with Crippen molar-refractivity contribution in [3.63, 3.8) is 0 Å². The number of amides is 2. The highest BCUT2D eigenvalue weighted by Gasteiger charge is 2.20. The molecule has 4 aromatic rings. The van der Waals surface area contributed by atoms with Gasteiger partial charge in [0.2, 0.25) is 5.82 Å². The molecule has 1 aliphatic rings. The number of benzene rings is 3. The number of hydrogen-bond donors (Lipinski definition) is 2. The highest BCUT2D eigenvalue weighted by molar-refractivity contribution is 6.01. The first-order valence-corrected chi connectivity index (χ1v) is 11.7. The normalized spacial score (nSPS) is 12.1. The Morgan fingerprint density at radius 1 is 0.973 bits per heavy atom. The largest absolute Gasteiger partial charge is 0.490 e. The Balaban J connectivity index is 1.16. The van der Waals surface area contributed by atoms with E-state index < -0.39 is 11.8 Å². The number of tetrazole rings is 1. The number of hydrogen-bond acceptors (Lipinski definition) is 7. The van der Waals surface area contributed by atoms with E-state index in [0.29, 0.717) is 41.6 Å². The molecule has 10 heteroatoms. The summed E-state index contributed by atoms with van der Waals surface area (Å²) in [6, 6.07) is 22.0. The molecule has 186 valence electrons. The van der Waals surface area contributed by atoms with Crippen molar-refractivity contribution < 1.29 is 19.1 Å². The molecule has 0 unspecified atom stereocenters. The van der Waals surface area contributed by atoms with E-state index in [4.69, 9.17) is 9.47 Å². The first kappa shape index (κ1) is 23.7. The summed E-state index contributed by atoms with van der Waals surface area (Å²) in [5, 5.41) is 12.6. The van der Waals surface area contributed by atoms with Crippen LogP contribution in [0, 0.1) is 0 Å². The fraction of sp³-hybridized carbons (Fsp3) is 0.148. The fourth-order valence-corrected chi connectivity index (χ4v) is 3.78. The molecule has 0 aliphatic carbocycles. The molecule has 2 amide bonds. The van der Waals surface area contributed by atoms with Gasteiger partial charge >= 0.3 is 0 Å². The van der Waals surface area contributed by atoms with E-state index in [1.807, 2.05) is 55.5 Å². The van der Waals surface area contributed by atoms with Crippen LogP contribution in [0.2, 0.25) is 0 Å². The Morgan fingerprint density at radius 3 is 2.54 bits per heavy atom. The Kier molecular flexibility index (Phi) is 6.89. The molecule has 2 heterocycles. The molecular formula is C27H24N6O4. The van der Waals surface area contributed by atoms with E-state index in [1.165, 1.54) is 4.80 Å². The first-order chi connectivity index (χ1) is 18.1. The van der Waals surface area contributed by atoms with Gasteiger partial charge in [0.05, 0.1) is 18.7 Å². The van der Waals surface area contributed by atoms with E-state index in [0.717, 1.165) is 16.7 Å². The number of rotatable bonds is 7. The summed E-state index contributed by atoms with van der Waals surface area (Å²) in [4.78, 5) is 26.6. The van der Waals surface area contributed by atoms with E-state index in [9.17, 15) is 9.59 Å². The zero-order chi connectivity index (χ0) is 25.6. The van der Waals surface area contributed by atoms with Gasteiger partial charge in [0.25, 0.3) is 11.8 Å². The van der Waals surface area contributed by atoms with Gasteiger partial charge in [0.15, 0.2) is 11.5 Å². The van der Waals surface area contributed by atoms with E-state index in [2.05, 4.69) is 26.3 Å². The number of carbonyl (C=O) groups excluding carboxylic acids is 2. The molecule has 3 aromatic carbocycles. The smallest absolute Gasteiger partial charge is 0.269 e. The Hall–Kier alpha value is -4.99. The van der Waals surface area contributed by atoms with Crippen molar-refractivity contribution in [3.05, 3.63) is 95.1 Å². The third-order valence-corrected chi connectivity index (χ3v) is 5.62. The fourth-order valence-electron chi connectivity index (χ4n) is 3.78. The first-order valence-electron chi connectivity index (χ1n) is 11.7. The van der Waals surface area contributed by atoms with E-state index in [1.54, 1.807) is 30.3 Å². The minimum atomic E-state index is -0.455. The highest BCUT2D eigenvalue weighted by Crippen LogP contribution is 2.35. The second kappa shape index (κ2) is 10.7. The van der Waals surface area contributed by atoms with Crippen LogP contribution >= 0.6 is 0 Å². The molecule has 0 saturated heterocycles. The Labute approximate surface area is 212 Å². The predicted molar refractivity (Wildman–Crippen MR) is 135 cm³/mol. The number of fused-ring (bicyclic) bond motifs is 1. The summed E-state index contributed by atoms with van der Waals surface area (Å²) in [7, 11) is 0. The number of hydrazine groups is 1. The minimum Gasteiger partial charge on any atom is -0.490 e. The second-order valence-electron chi connectivity index (χ2n) is 8.18. The quantitative estimate of drug-likeness (QED) is 0.377. The second-order valence-corrected chi connectivity index (χ2v) is 8.18. The van der Waals surface area contributed by atoms with Crippen LogP contribution in [0.3, 0.4) is 0 Å². The lowest BCUT2D eigenvalue weighted by Crippen LogP contribution is -2.43. The van der Waals surface area contributed by atoms with Crippen molar-refractivity contribution in [2.45, 2.75) is 13.5 Å². The van der Waals surface area contributed by atoms with Gasteiger partial charge in [-0.2, -0.15) is 4.80 Å². The average Bonchev–Trinajstić information content (AvgIpc) is 3.41. The molecule has 37 heavy (non-hydrogen) atoms. The van der Waals surface area contributed by atoms with Gasteiger partial charge in [0, 0.05) is 16.7 Å². The van der Waals surface area contributed by atoms with Gasteiger partial charge in [-0.3, -0.25) is 20.4 Å². The molecule has 0 atom stereocenters. The number of aromatic nitrogens is 4. The third-order valence-electron chi connectivity index (χ3n) is 5.62. The van der Waals surface area contributed by atoms with E-state index >= 15 is 0 Å². The molecule has 0 saturated carbocycles. The molecule has 5 rings (SSSR count). The van der Waals surface area contributed by atoms with Crippen LogP contribution in [0.5, 0.6) is 11.5 Å². The standard InChI is InChI=1S/C27H24N6O4/c1-2-36-23-10-6-9-21-15-22(17-37-24(21)23)27(35)30-29-26(34)20-13-11-18(12-14-20)16-33-31-25(28-32-33)19-7-4-3-5-8-19/h3-15H,2,16-17H2,1H3,(H,29,34)(H,30,35). The SMILES string of the molecule is CCOc1cccc2c1OCC(C(=O)NNC(=O)c1ccc(Cn3nnc(-c4ccccc4)n3)cc1)=C2. The van der Waals surface area contributed by atoms with Crippen LogP contribution in [-0.4, -0.2) is 45.2 Å². The number of ether oxygens (including phenoxy) is 2. The number of nitrogens with zero attached hydrogens (tertiary/aromatic N) is 4. The monoisotopic (exact) mass is 496 g/mol. The maximum atomic E-state index is 12.6. The van der Waals surface area contributed by atoms with Gasteiger partial charge in [0.1, 0.15) is 6.61 Å². The maximum absolute atomic E-state index is 12.6. The third kappa shape index (κ3) is 5.48. The minimum absolute atomic E-state index is 0.0653. The van der Waals surface area contributed by atoms with Gasteiger partial charge in [-0.05, 0) is 42.0 Å². The Bertz CT molecular complexity index is 1450. The van der Waals surface area contributed by atoms with Crippen molar-refractivity contribution in [1.82, 2.24) is 31.1 Å². The van der Waals surface area contributed by atoms with Crippen LogP contribution in [0.1, 0.15) is 28.4 Å². The van der Waals surface area contributed by atoms with Crippen LogP contribution in [-0.2, 0) is 11.3 Å². The maximum Gasteiger partial charge on any atom is 0.269 e. The lowest BCUT2D eigenvalue weighted by atomic mass is 10.1. The molecule has 0 fully saturated rings. The number of carbonyl (C=O) groups is 2. The molecule has 1 aromatic heterocycles. The summed E-state index contributed by atoms with van der Waals surface area (Å²) >= 11 is 0. The van der Waals surface area contributed by atoms with Gasteiger partial charge in [-0.1, -0.05) is 54.6 Å². The average molecular weight is 497 g/mol. The van der Waals surface area contributed by atoms with Crippen LogP contribution < -0.4 is 20.3 Å². The van der Waals surface area contributed by atoms with Crippen molar-refractivity contribution in [1.29, 1.82) is 0 Å². The summed E-state index contributed by atoms with van der Waals surface area (Å²) < 4.78 is 11.3. The van der Waals surface area contributed by atoms with Gasteiger partial charge < -0.3 is 9.47 Å². The van der Waals surface area contributed by atoms with Crippen LogP contribution in [0.15, 0.2) is 78.4 Å². The zero-order valence-electron chi connectivity index (χ0n) is 20.0. The van der Waals surface area contributed by atoms with Crippen molar-refractivity contribution >= 4 is 17.9 Å². The number of para-hydroxylation sites is 1. The lowest BCUT2D eigenvalue weighted by Gasteiger charge is -2.20. The zero-order valence-corrected chi connectivity index (χ0v) is 20.0. The summed E-state index contributed by atoms with van der Waals surface area (Å²) in [6.07, 6.45) is 1.72. The van der Waals surface area contributed by atoms with Gasteiger partial charge in [-0.25, -0.2) is 0 Å². The van der Waals surface area contributed by atoms with Gasteiger partial charge in [-0.15, -0.1) is 10.2 Å². The number of nitrogens with one attached hydrogen (secondary N) is 2. The molecule has 1 aliphatic heterocycles. The molecule has 10 nitrogen and oxygen atoms in total. The van der Waals surface area contributed by atoms with Crippen LogP contribution in [0.4, 0.5) is 0 Å². The highest BCUT2D eigenvalue weighted by atomic mass is 16.5. The summed E-state index contributed by atoms with van der Waals surface area (Å²) in [5.74, 6) is 0.876. The van der Waals surface area contributed by atoms with Crippen molar-refractivity contribution in [3.8, 4) is 22.9 Å². The van der Waals surface area contributed by atoms with Crippen molar-refractivity contribution in [2.75, 3.05) is 13.2 Å².